The average Bonchev–Trinajstić information content (AvgIpc) is 2.61. The van der Waals surface area contributed by atoms with Gasteiger partial charge < -0.3 is 14.8 Å². The first-order chi connectivity index (χ1) is 7.70. The van der Waals surface area contributed by atoms with Crippen molar-refractivity contribution in [2.45, 2.75) is 13.3 Å². The molecule has 0 spiro atoms. The Kier molecular flexibility index (Phi) is 2.81. The summed E-state index contributed by atoms with van der Waals surface area (Å²) in [4.78, 5) is 13.7. The van der Waals surface area contributed by atoms with Crippen molar-refractivity contribution in [2.75, 3.05) is 6.61 Å². The van der Waals surface area contributed by atoms with Crippen molar-refractivity contribution in [1.82, 2.24) is 4.98 Å². The normalized spacial score (nSPS) is 10.6. The van der Waals surface area contributed by atoms with Gasteiger partial charge in [-0.3, -0.25) is 4.79 Å². The molecule has 84 valence electrons. The summed E-state index contributed by atoms with van der Waals surface area (Å²) in [5.41, 5.74) is 1.70. The lowest BCUT2D eigenvalue weighted by Crippen LogP contribution is -1.98. The molecule has 0 fully saturated rings. The fourth-order valence-electron chi connectivity index (χ4n) is 1.73. The van der Waals surface area contributed by atoms with E-state index >= 15 is 0 Å². The Morgan fingerprint density at radius 2 is 2.31 bits per heavy atom. The molecule has 2 N–H and O–H groups in total. The summed E-state index contributed by atoms with van der Waals surface area (Å²) in [7, 11) is 0. The second kappa shape index (κ2) is 4.26. The molecule has 4 nitrogen and oxygen atoms in total. The van der Waals surface area contributed by atoms with Crippen LogP contribution in [0.3, 0.4) is 0 Å². The van der Waals surface area contributed by atoms with E-state index in [2.05, 4.69) is 4.98 Å². The number of nitrogens with one attached hydrogen (secondary N) is 1. The molecule has 2 aromatic rings. The number of hydrogen-bond donors (Lipinski definition) is 2. The number of H-pyrrole nitrogens is 1. The fourth-order valence-corrected chi connectivity index (χ4v) is 1.73. The van der Waals surface area contributed by atoms with Crippen molar-refractivity contribution in [3.8, 4) is 5.75 Å². The average molecular weight is 219 g/mol. The molecule has 16 heavy (non-hydrogen) atoms. The molecule has 0 saturated heterocycles. The van der Waals surface area contributed by atoms with Crippen LogP contribution in [-0.4, -0.2) is 22.7 Å². The molecule has 4 heteroatoms. The van der Waals surface area contributed by atoms with Gasteiger partial charge in [-0.05, 0) is 24.6 Å². The van der Waals surface area contributed by atoms with Crippen molar-refractivity contribution in [1.29, 1.82) is 0 Å². The summed E-state index contributed by atoms with van der Waals surface area (Å²) in [5.74, 6) is -0.0338. The van der Waals surface area contributed by atoms with Gasteiger partial charge in [0.05, 0.1) is 13.0 Å². The first kappa shape index (κ1) is 10.5. The number of hydrogen-bond acceptors (Lipinski definition) is 2. The minimum atomic E-state index is -0.824. The van der Waals surface area contributed by atoms with Gasteiger partial charge in [-0.1, -0.05) is 0 Å². The smallest absolute Gasteiger partial charge is 0.307 e. The quantitative estimate of drug-likeness (QED) is 0.828. The monoisotopic (exact) mass is 219 g/mol. The van der Waals surface area contributed by atoms with Crippen LogP contribution >= 0.6 is 0 Å². The predicted octanol–water partition coefficient (Wildman–Crippen LogP) is 2.19. The third kappa shape index (κ3) is 2.00. The SMILES string of the molecule is CCOc1ccc2c(CC(=O)O)c[nH]c2c1. The largest absolute Gasteiger partial charge is 0.494 e. The third-order valence-corrected chi connectivity index (χ3v) is 2.39. The summed E-state index contributed by atoms with van der Waals surface area (Å²) >= 11 is 0. The van der Waals surface area contributed by atoms with Gasteiger partial charge in [0.2, 0.25) is 0 Å². The van der Waals surface area contributed by atoms with E-state index in [9.17, 15) is 4.79 Å². The molecule has 0 aliphatic rings. The molecule has 0 aliphatic carbocycles. The molecule has 0 radical (unpaired) electrons. The molecule has 0 saturated carbocycles. The molecule has 0 aliphatic heterocycles. The standard InChI is InChI=1S/C12H13NO3/c1-2-16-9-3-4-10-8(5-12(14)15)7-13-11(10)6-9/h3-4,6-7,13H,2,5H2,1H3,(H,14,15). The molecule has 2 rings (SSSR count). The maximum absolute atomic E-state index is 10.6. The summed E-state index contributed by atoms with van der Waals surface area (Å²) < 4.78 is 5.37. The molecular formula is C12H13NO3. The summed E-state index contributed by atoms with van der Waals surface area (Å²) in [5, 5.41) is 9.68. The van der Waals surface area contributed by atoms with Crippen molar-refractivity contribution in [3.63, 3.8) is 0 Å². The minimum absolute atomic E-state index is 0.0357. The van der Waals surface area contributed by atoms with Crippen LogP contribution in [0.4, 0.5) is 0 Å². The second-order valence-corrected chi connectivity index (χ2v) is 3.52. The van der Waals surface area contributed by atoms with Crippen molar-refractivity contribution < 1.29 is 14.6 Å². The Morgan fingerprint density at radius 1 is 1.50 bits per heavy atom. The van der Waals surface area contributed by atoms with E-state index in [0.29, 0.717) is 6.61 Å². The Bertz CT molecular complexity index is 516. The van der Waals surface area contributed by atoms with Crippen LogP contribution in [0, 0.1) is 0 Å². The molecular weight excluding hydrogens is 206 g/mol. The van der Waals surface area contributed by atoms with Gasteiger partial charge >= 0.3 is 5.97 Å². The number of benzene rings is 1. The first-order valence-electron chi connectivity index (χ1n) is 5.15. The topological polar surface area (TPSA) is 62.3 Å². The van der Waals surface area contributed by atoms with Crippen LogP contribution in [-0.2, 0) is 11.2 Å². The van der Waals surface area contributed by atoms with Crippen LogP contribution in [0.1, 0.15) is 12.5 Å². The number of aliphatic carboxylic acids is 1. The number of carboxylic acids is 1. The third-order valence-electron chi connectivity index (χ3n) is 2.39. The van der Waals surface area contributed by atoms with E-state index in [1.807, 2.05) is 25.1 Å². The molecule has 0 amide bonds. The number of ether oxygens (including phenoxy) is 1. The maximum atomic E-state index is 10.6. The number of aromatic amines is 1. The van der Waals surface area contributed by atoms with E-state index < -0.39 is 5.97 Å². The summed E-state index contributed by atoms with van der Waals surface area (Å²) in [6, 6.07) is 5.62. The Morgan fingerprint density at radius 3 is 3.00 bits per heavy atom. The summed E-state index contributed by atoms with van der Waals surface area (Å²) in [6.07, 6.45) is 1.77. The van der Waals surface area contributed by atoms with Crippen LogP contribution < -0.4 is 4.74 Å². The van der Waals surface area contributed by atoms with Gasteiger partial charge in [0, 0.05) is 23.2 Å². The number of rotatable bonds is 4. The van der Waals surface area contributed by atoms with Gasteiger partial charge in [0.25, 0.3) is 0 Å². The lowest BCUT2D eigenvalue weighted by atomic mass is 10.1. The Labute approximate surface area is 92.9 Å². The minimum Gasteiger partial charge on any atom is -0.494 e. The van der Waals surface area contributed by atoms with E-state index in [1.165, 1.54) is 0 Å². The molecule has 0 bridgehead atoms. The zero-order chi connectivity index (χ0) is 11.5. The van der Waals surface area contributed by atoms with Gasteiger partial charge in [-0.15, -0.1) is 0 Å². The second-order valence-electron chi connectivity index (χ2n) is 3.52. The molecule has 1 aromatic carbocycles. The zero-order valence-corrected chi connectivity index (χ0v) is 8.99. The molecule has 0 unspecified atom stereocenters. The van der Waals surface area contributed by atoms with Gasteiger partial charge in [-0.2, -0.15) is 0 Å². The van der Waals surface area contributed by atoms with E-state index in [4.69, 9.17) is 9.84 Å². The number of carbonyl (C=O) groups is 1. The van der Waals surface area contributed by atoms with Gasteiger partial charge in [0.15, 0.2) is 0 Å². The van der Waals surface area contributed by atoms with Crippen molar-refractivity contribution in [2.24, 2.45) is 0 Å². The van der Waals surface area contributed by atoms with E-state index in [1.54, 1.807) is 6.20 Å². The highest BCUT2D eigenvalue weighted by molar-refractivity contribution is 5.87. The molecule has 1 aromatic heterocycles. The van der Waals surface area contributed by atoms with Gasteiger partial charge in [-0.25, -0.2) is 0 Å². The lowest BCUT2D eigenvalue weighted by Gasteiger charge is -2.02. The number of fused-ring (bicyclic) bond motifs is 1. The summed E-state index contributed by atoms with van der Waals surface area (Å²) in [6.45, 7) is 2.54. The van der Waals surface area contributed by atoms with Crippen LogP contribution in [0.25, 0.3) is 10.9 Å². The highest BCUT2D eigenvalue weighted by Gasteiger charge is 2.07. The molecule has 1 heterocycles. The maximum Gasteiger partial charge on any atom is 0.307 e. The Balaban J connectivity index is 2.38. The van der Waals surface area contributed by atoms with Crippen molar-refractivity contribution in [3.05, 3.63) is 30.0 Å². The highest BCUT2D eigenvalue weighted by atomic mass is 16.5. The van der Waals surface area contributed by atoms with Crippen LogP contribution in [0.5, 0.6) is 5.75 Å². The van der Waals surface area contributed by atoms with Crippen molar-refractivity contribution >= 4 is 16.9 Å². The zero-order valence-electron chi connectivity index (χ0n) is 8.99. The molecule has 0 atom stereocenters. The Hall–Kier alpha value is -1.97. The number of aromatic nitrogens is 1. The fraction of sp³-hybridized carbons (Fsp3) is 0.250. The van der Waals surface area contributed by atoms with E-state index in [-0.39, 0.29) is 6.42 Å². The van der Waals surface area contributed by atoms with E-state index in [0.717, 1.165) is 22.2 Å². The first-order valence-corrected chi connectivity index (χ1v) is 5.15. The lowest BCUT2D eigenvalue weighted by molar-refractivity contribution is -0.136. The number of carboxylic acid groups (broad SMARTS) is 1. The predicted molar refractivity (Wildman–Crippen MR) is 60.8 cm³/mol. The highest BCUT2D eigenvalue weighted by Crippen LogP contribution is 2.23. The van der Waals surface area contributed by atoms with Crippen LogP contribution in [0.15, 0.2) is 24.4 Å². The van der Waals surface area contributed by atoms with Crippen LogP contribution in [0.2, 0.25) is 0 Å². The van der Waals surface area contributed by atoms with Gasteiger partial charge in [0.1, 0.15) is 5.75 Å².